The largest absolute Gasteiger partial charge is 0.469 e. The Kier molecular flexibility index (Phi) is 4.60. The second-order valence-electron chi connectivity index (χ2n) is 5.43. The predicted octanol–water partition coefficient (Wildman–Crippen LogP) is 1.06. The molecule has 7 nitrogen and oxygen atoms in total. The smallest absolute Gasteiger partial charge is 0.267 e. The van der Waals surface area contributed by atoms with Crippen LogP contribution >= 0.6 is 0 Å². The number of primary amides is 1. The summed E-state index contributed by atoms with van der Waals surface area (Å²) in [4.78, 5) is 24.0. The lowest BCUT2D eigenvalue weighted by Gasteiger charge is -2.20. The Morgan fingerprint density at radius 2 is 2.04 bits per heavy atom. The molecular weight excluding hydrogens is 308 g/mol. The number of nitrogens with one attached hydrogen (secondary N) is 1. The number of benzene rings is 1. The SMILES string of the molecule is NC(=O)[C@@H]1CC(C(=O)NCCc2ccco2)=NN1c1ccccc1. The second-order valence-corrected chi connectivity index (χ2v) is 5.43. The van der Waals surface area contributed by atoms with Crippen LogP contribution in [0.15, 0.2) is 58.2 Å². The van der Waals surface area contributed by atoms with Crippen molar-refractivity contribution in [2.75, 3.05) is 11.6 Å². The van der Waals surface area contributed by atoms with Crippen LogP contribution in [-0.2, 0) is 16.0 Å². The van der Waals surface area contributed by atoms with Gasteiger partial charge in [-0.15, -0.1) is 0 Å². The molecule has 7 heteroatoms. The third kappa shape index (κ3) is 3.45. The Labute approximate surface area is 139 Å². The van der Waals surface area contributed by atoms with Crippen molar-refractivity contribution in [1.29, 1.82) is 0 Å². The van der Waals surface area contributed by atoms with Crippen LogP contribution in [0.5, 0.6) is 0 Å². The van der Waals surface area contributed by atoms with Crippen molar-refractivity contribution < 1.29 is 14.0 Å². The highest BCUT2D eigenvalue weighted by Crippen LogP contribution is 2.24. The number of hydrazone groups is 1. The summed E-state index contributed by atoms with van der Waals surface area (Å²) in [6.07, 6.45) is 2.37. The summed E-state index contributed by atoms with van der Waals surface area (Å²) >= 11 is 0. The van der Waals surface area contributed by atoms with E-state index in [1.807, 2.05) is 36.4 Å². The van der Waals surface area contributed by atoms with E-state index >= 15 is 0 Å². The average molecular weight is 326 g/mol. The highest BCUT2D eigenvalue weighted by atomic mass is 16.3. The molecule has 0 fully saturated rings. The van der Waals surface area contributed by atoms with Crippen LogP contribution in [0.25, 0.3) is 0 Å². The van der Waals surface area contributed by atoms with Crippen LogP contribution in [0.2, 0.25) is 0 Å². The highest BCUT2D eigenvalue weighted by molar-refractivity contribution is 6.40. The Balaban J connectivity index is 1.66. The van der Waals surface area contributed by atoms with Gasteiger partial charge in [0, 0.05) is 19.4 Å². The van der Waals surface area contributed by atoms with Crippen LogP contribution in [0.4, 0.5) is 5.69 Å². The molecular formula is C17H18N4O3. The summed E-state index contributed by atoms with van der Waals surface area (Å²) in [6, 6.07) is 12.2. The number of amides is 2. The molecule has 24 heavy (non-hydrogen) atoms. The molecule has 1 aliphatic heterocycles. The maximum Gasteiger partial charge on any atom is 0.267 e. The van der Waals surface area contributed by atoms with Gasteiger partial charge in [-0.1, -0.05) is 18.2 Å². The first-order valence-corrected chi connectivity index (χ1v) is 7.67. The molecule has 2 aromatic rings. The molecule has 2 amide bonds. The van der Waals surface area contributed by atoms with E-state index < -0.39 is 11.9 Å². The molecule has 1 atom stereocenters. The number of carbonyl (C=O) groups excluding carboxylic acids is 2. The topological polar surface area (TPSA) is 101 Å². The number of anilines is 1. The molecule has 0 unspecified atom stereocenters. The summed E-state index contributed by atoms with van der Waals surface area (Å²) in [7, 11) is 0. The van der Waals surface area contributed by atoms with Crippen molar-refractivity contribution in [3.8, 4) is 0 Å². The molecule has 0 aliphatic carbocycles. The zero-order valence-corrected chi connectivity index (χ0v) is 13.0. The van der Waals surface area contributed by atoms with Crippen molar-refractivity contribution in [2.24, 2.45) is 10.8 Å². The number of rotatable bonds is 6. The number of para-hydroxylation sites is 1. The third-order valence-corrected chi connectivity index (χ3v) is 3.76. The van der Waals surface area contributed by atoms with Gasteiger partial charge in [-0.3, -0.25) is 14.6 Å². The summed E-state index contributed by atoms with van der Waals surface area (Å²) in [6.45, 7) is 0.429. The minimum atomic E-state index is -0.654. The van der Waals surface area contributed by atoms with E-state index in [9.17, 15) is 9.59 Å². The first-order valence-electron chi connectivity index (χ1n) is 7.67. The van der Waals surface area contributed by atoms with Gasteiger partial charge in [0.25, 0.3) is 5.91 Å². The van der Waals surface area contributed by atoms with Crippen LogP contribution in [-0.4, -0.2) is 30.1 Å². The minimum absolute atomic E-state index is 0.191. The van der Waals surface area contributed by atoms with E-state index in [-0.39, 0.29) is 12.3 Å². The summed E-state index contributed by atoms with van der Waals surface area (Å²) in [5.41, 5.74) is 6.47. The Morgan fingerprint density at radius 1 is 1.25 bits per heavy atom. The highest BCUT2D eigenvalue weighted by Gasteiger charge is 2.34. The Morgan fingerprint density at radius 3 is 2.71 bits per heavy atom. The van der Waals surface area contributed by atoms with Crippen molar-refractivity contribution in [3.63, 3.8) is 0 Å². The molecule has 0 spiro atoms. The third-order valence-electron chi connectivity index (χ3n) is 3.76. The van der Waals surface area contributed by atoms with Crippen LogP contribution in [0, 0.1) is 0 Å². The van der Waals surface area contributed by atoms with Crippen LogP contribution < -0.4 is 16.1 Å². The van der Waals surface area contributed by atoms with Gasteiger partial charge in [0.05, 0.1) is 12.0 Å². The first kappa shape index (κ1) is 15.8. The molecule has 2 heterocycles. The van der Waals surface area contributed by atoms with Gasteiger partial charge in [-0.2, -0.15) is 5.10 Å². The van der Waals surface area contributed by atoms with E-state index in [4.69, 9.17) is 10.2 Å². The van der Waals surface area contributed by atoms with Crippen molar-refractivity contribution in [2.45, 2.75) is 18.9 Å². The summed E-state index contributed by atoms with van der Waals surface area (Å²) in [5.74, 6) is -0.0168. The lowest BCUT2D eigenvalue weighted by Crippen LogP contribution is -2.40. The molecule has 0 saturated heterocycles. The zero-order valence-electron chi connectivity index (χ0n) is 13.0. The minimum Gasteiger partial charge on any atom is -0.469 e. The van der Waals surface area contributed by atoms with Crippen LogP contribution in [0.1, 0.15) is 12.2 Å². The molecule has 124 valence electrons. The second kappa shape index (κ2) is 6.99. The van der Waals surface area contributed by atoms with Crippen LogP contribution in [0.3, 0.4) is 0 Å². The van der Waals surface area contributed by atoms with E-state index in [0.717, 1.165) is 11.4 Å². The molecule has 0 saturated carbocycles. The van der Waals surface area contributed by atoms with Gasteiger partial charge in [0.2, 0.25) is 5.91 Å². The summed E-state index contributed by atoms with van der Waals surface area (Å²) < 4.78 is 5.21. The van der Waals surface area contributed by atoms with Gasteiger partial charge in [0.15, 0.2) is 0 Å². The standard InChI is InChI=1S/C17H18N4O3/c18-16(22)15-11-14(20-21(15)12-5-2-1-3-6-12)17(23)19-9-8-13-7-4-10-24-13/h1-7,10,15H,8-9,11H2,(H2,18,22)(H,19,23)/t15-/m0/s1. The Hall–Kier alpha value is -3.09. The van der Waals surface area contributed by atoms with E-state index in [1.54, 1.807) is 12.3 Å². The van der Waals surface area contributed by atoms with E-state index in [1.165, 1.54) is 5.01 Å². The number of hydrogen-bond donors (Lipinski definition) is 2. The summed E-state index contributed by atoms with van der Waals surface area (Å²) in [5, 5.41) is 8.58. The number of hydrogen-bond acceptors (Lipinski definition) is 5. The fourth-order valence-electron chi connectivity index (χ4n) is 2.54. The van der Waals surface area contributed by atoms with Gasteiger partial charge >= 0.3 is 0 Å². The number of carbonyl (C=O) groups is 2. The zero-order chi connectivity index (χ0) is 16.9. The molecule has 3 rings (SSSR count). The van der Waals surface area contributed by atoms with Crippen molar-refractivity contribution >= 4 is 23.2 Å². The molecule has 3 N–H and O–H groups in total. The van der Waals surface area contributed by atoms with Gasteiger partial charge in [0.1, 0.15) is 17.5 Å². The average Bonchev–Trinajstić information content (AvgIpc) is 3.25. The monoisotopic (exact) mass is 326 g/mol. The molecule has 0 bridgehead atoms. The lowest BCUT2D eigenvalue weighted by atomic mass is 10.1. The number of nitrogens with two attached hydrogens (primary N) is 1. The van der Waals surface area contributed by atoms with Gasteiger partial charge in [-0.25, -0.2) is 0 Å². The Bertz CT molecular complexity index is 740. The maximum atomic E-state index is 12.3. The normalized spacial score (nSPS) is 16.8. The lowest BCUT2D eigenvalue weighted by molar-refractivity contribution is -0.119. The van der Waals surface area contributed by atoms with Crippen molar-refractivity contribution in [3.05, 3.63) is 54.5 Å². The fraction of sp³-hybridized carbons (Fsp3) is 0.235. The quantitative estimate of drug-likeness (QED) is 0.828. The molecule has 1 aromatic carbocycles. The van der Waals surface area contributed by atoms with Crippen molar-refractivity contribution in [1.82, 2.24) is 5.32 Å². The molecule has 1 aromatic heterocycles. The number of nitrogens with zero attached hydrogens (tertiary/aromatic N) is 2. The fourth-order valence-corrected chi connectivity index (χ4v) is 2.54. The maximum absolute atomic E-state index is 12.3. The van der Waals surface area contributed by atoms with E-state index in [0.29, 0.717) is 18.7 Å². The first-order chi connectivity index (χ1) is 11.6. The van der Waals surface area contributed by atoms with Gasteiger partial charge in [-0.05, 0) is 24.3 Å². The predicted molar refractivity (Wildman–Crippen MR) is 89.4 cm³/mol. The molecule has 0 radical (unpaired) electrons. The van der Waals surface area contributed by atoms with Gasteiger partial charge < -0.3 is 15.5 Å². The van der Waals surface area contributed by atoms with E-state index in [2.05, 4.69) is 10.4 Å². The molecule has 1 aliphatic rings. The number of furan rings is 1.